The third kappa shape index (κ3) is 4.75. The van der Waals surface area contributed by atoms with Gasteiger partial charge in [-0.05, 0) is 50.1 Å². The molecule has 2 atom stereocenters. The van der Waals surface area contributed by atoms with Crippen molar-refractivity contribution in [2.24, 2.45) is 5.92 Å². The van der Waals surface area contributed by atoms with Crippen molar-refractivity contribution in [3.63, 3.8) is 0 Å². The summed E-state index contributed by atoms with van der Waals surface area (Å²) in [5.41, 5.74) is 0.984. The molecule has 12 heteroatoms. The molecule has 1 fully saturated rings. The average molecular weight is 483 g/mol. The van der Waals surface area contributed by atoms with Crippen LogP contribution in [0.4, 0.5) is 24.0 Å². The van der Waals surface area contributed by atoms with Gasteiger partial charge in [-0.3, -0.25) is 19.7 Å². The van der Waals surface area contributed by atoms with Gasteiger partial charge in [-0.1, -0.05) is 11.3 Å². The summed E-state index contributed by atoms with van der Waals surface area (Å²) in [7, 11) is 0. The molecule has 1 saturated heterocycles. The van der Waals surface area contributed by atoms with Crippen LogP contribution in [0, 0.1) is 12.8 Å². The smallest absolute Gasteiger partial charge is 0.344 e. The summed E-state index contributed by atoms with van der Waals surface area (Å²) >= 11 is 2.58. The Morgan fingerprint density at radius 3 is 2.56 bits per heavy atom. The van der Waals surface area contributed by atoms with E-state index in [1.807, 2.05) is 18.3 Å². The monoisotopic (exact) mass is 482 g/mol. The molecule has 3 heterocycles. The van der Waals surface area contributed by atoms with Crippen molar-refractivity contribution in [1.29, 1.82) is 0 Å². The minimum atomic E-state index is -4.54. The zero-order valence-electron chi connectivity index (χ0n) is 16.6. The molecule has 2 aromatic heterocycles. The Balaban J connectivity index is 1.42. The van der Waals surface area contributed by atoms with Crippen molar-refractivity contribution >= 4 is 61.4 Å². The van der Waals surface area contributed by atoms with Gasteiger partial charge < -0.3 is 10.6 Å². The molecular weight excluding hydrogens is 465 g/mol. The van der Waals surface area contributed by atoms with Gasteiger partial charge in [0.2, 0.25) is 11.8 Å². The number of hydrogen-bond acceptors (Lipinski definition) is 6. The molecular formula is C20H17F3N4O3S2. The highest BCUT2D eigenvalue weighted by Gasteiger charge is 2.45. The van der Waals surface area contributed by atoms with Crippen molar-refractivity contribution in [1.82, 2.24) is 10.3 Å². The number of anilines is 2. The van der Waals surface area contributed by atoms with Crippen molar-refractivity contribution < 1.29 is 27.6 Å². The molecule has 2 unspecified atom stereocenters. The van der Waals surface area contributed by atoms with Gasteiger partial charge >= 0.3 is 6.18 Å². The number of piperidine rings is 1. The Morgan fingerprint density at radius 2 is 1.91 bits per heavy atom. The third-order valence-corrected chi connectivity index (χ3v) is 6.86. The molecule has 1 aliphatic heterocycles. The second-order valence-corrected chi connectivity index (χ2v) is 9.61. The van der Waals surface area contributed by atoms with Crippen LogP contribution in [0.3, 0.4) is 0 Å². The molecule has 1 aromatic carbocycles. The lowest BCUT2D eigenvalue weighted by molar-refractivity contribution is -0.170. The van der Waals surface area contributed by atoms with E-state index in [9.17, 15) is 27.6 Å². The first kappa shape index (κ1) is 22.2. The van der Waals surface area contributed by atoms with E-state index in [2.05, 4.69) is 15.6 Å². The van der Waals surface area contributed by atoms with Crippen LogP contribution in [0.25, 0.3) is 10.2 Å². The minimum Gasteiger partial charge on any atom is -0.344 e. The summed E-state index contributed by atoms with van der Waals surface area (Å²) < 4.78 is 39.0. The number of hydrogen-bond donors (Lipinski definition) is 3. The standard InChI is InChI=1S/C20H17F3N4O3S2/c1-9-2-6-13(31-9)18(30)27-19-25-12-5-3-10(8-14(12)32-19)24-16(28)11-4-7-15(20(21,22)23)26-17(11)29/h2-3,5-6,8,11,15H,4,7H2,1H3,(H,24,28)(H,26,29)(H,25,27,30). The van der Waals surface area contributed by atoms with Gasteiger partial charge in [0, 0.05) is 10.6 Å². The van der Waals surface area contributed by atoms with Crippen LogP contribution < -0.4 is 16.0 Å². The summed E-state index contributed by atoms with van der Waals surface area (Å²) in [6, 6.07) is 6.51. The zero-order chi connectivity index (χ0) is 23.0. The molecule has 1 aliphatic rings. The van der Waals surface area contributed by atoms with Crippen LogP contribution in [-0.2, 0) is 9.59 Å². The van der Waals surface area contributed by atoms with Crippen LogP contribution in [0.15, 0.2) is 30.3 Å². The lowest BCUT2D eigenvalue weighted by Crippen LogP contribution is -2.53. The number of carbonyl (C=O) groups excluding carboxylic acids is 3. The van der Waals surface area contributed by atoms with Gasteiger partial charge in [0.05, 0.1) is 15.1 Å². The fourth-order valence-electron chi connectivity index (χ4n) is 3.31. The highest BCUT2D eigenvalue weighted by molar-refractivity contribution is 7.22. The largest absolute Gasteiger partial charge is 0.408 e. The van der Waals surface area contributed by atoms with E-state index < -0.39 is 30.0 Å². The van der Waals surface area contributed by atoms with E-state index >= 15 is 0 Å². The molecule has 32 heavy (non-hydrogen) atoms. The maximum atomic E-state index is 12.8. The number of nitrogens with one attached hydrogen (secondary N) is 3. The number of carbonyl (C=O) groups is 3. The number of aryl methyl sites for hydroxylation is 1. The average Bonchev–Trinajstić information content (AvgIpc) is 3.32. The Bertz CT molecular complexity index is 1200. The summed E-state index contributed by atoms with van der Waals surface area (Å²) in [5.74, 6) is -3.08. The van der Waals surface area contributed by atoms with Gasteiger partial charge in [0.25, 0.3) is 5.91 Å². The summed E-state index contributed by atoms with van der Waals surface area (Å²) in [4.78, 5) is 42.7. The van der Waals surface area contributed by atoms with Crippen LogP contribution >= 0.6 is 22.7 Å². The predicted molar refractivity (Wildman–Crippen MR) is 116 cm³/mol. The molecule has 0 aliphatic carbocycles. The quantitative estimate of drug-likeness (QED) is 0.483. The van der Waals surface area contributed by atoms with E-state index in [0.29, 0.717) is 25.9 Å². The number of thiophene rings is 1. The second-order valence-electron chi connectivity index (χ2n) is 7.29. The minimum absolute atomic E-state index is 0.191. The number of thiazole rings is 1. The topological polar surface area (TPSA) is 100 Å². The first-order valence-electron chi connectivity index (χ1n) is 9.56. The summed E-state index contributed by atoms with van der Waals surface area (Å²) in [6.45, 7) is 1.90. The van der Waals surface area contributed by atoms with Crippen molar-refractivity contribution in [2.75, 3.05) is 10.6 Å². The van der Waals surface area contributed by atoms with E-state index in [1.165, 1.54) is 22.7 Å². The fraction of sp³-hybridized carbons (Fsp3) is 0.300. The van der Waals surface area contributed by atoms with Crippen molar-refractivity contribution in [2.45, 2.75) is 32.0 Å². The molecule has 0 saturated carbocycles. The highest BCUT2D eigenvalue weighted by Crippen LogP contribution is 2.31. The molecule has 3 aromatic rings. The number of alkyl halides is 3. The number of benzene rings is 1. The Kier molecular flexibility index (Phi) is 5.91. The first-order valence-corrected chi connectivity index (χ1v) is 11.2. The van der Waals surface area contributed by atoms with Crippen LogP contribution in [-0.4, -0.2) is 34.9 Å². The lowest BCUT2D eigenvalue weighted by Gasteiger charge is -2.29. The number of aromatic nitrogens is 1. The number of rotatable bonds is 4. The van der Waals surface area contributed by atoms with E-state index in [1.54, 1.807) is 24.3 Å². The number of nitrogens with zero attached hydrogens (tertiary/aromatic N) is 1. The van der Waals surface area contributed by atoms with Gasteiger partial charge in [0.1, 0.15) is 12.0 Å². The summed E-state index contributed by atoms with van der Waals surface area (Å²) in [5, 5.41) is 7.58. The highest BCUT2D eigenvalue weighted by atomic mass is 32.1. The molecule has 0 radical (unpaired) electrons. The normalized spacial score (nSPS) is 18.9. The Morgan fingerprint density at radius 1 is 1.12 bits per heavy atom. The number of fused-ring (bicyclic) bond motifs is 1. The predicted octanol–water partition coefficient (Wildman–Crippen LogP) is 4.31. The van der Waals surface area contributed by atoms with Crippen LogP contribution in [0.1, 0.15) is 27.4 Å². The van der Waals surface area contributed by atoms with Gasteiger partial charge in [-0.25, -0.2) is 4.98 Å². The zero-order valence-corrected chi connectivity index (χ0v) is 18.2. The van der Waals surface area contributed by atoms with Crippen LogP contribution in [0.5, 0.6) is 0 Å². The lowest BCUT2D eigenvalue weighted by atomic mass is 9.92. The molecule has 0 bridgehead atoms. The fourth-order valence-corrected chi connectivity index (χ4v) is 4.97. The SMILES string of the molecule is Cc1ccc(C(=O)Nc2nc3ccc(NC(=O)C4CCC(C(F)(F)F)NC4=O)cc3s2)s1. The molecule has 4 rings (SSSR count). The first-order chi connectivity index (χ1) is 15.1. The molecule has 0 spiro atoms. The summed E-state index contributed by atoms with van der Waals surface area (Å²) in [6.07, 6.45) is -5.08. The maximum Gasteiger partial charge on any atom is 0.408 e. The molecule has 3 N–H and O–H groups in total. The van der Waals surface area contributed by atoms with Crippen molar-refractivity contribution in [3.05, 3.63) is 40.1 Å². The molecule has 168 valence electrons. The number of amides is 3. The van der Waals surface area contributed by atoms with Crippen molar-refractivity contribution in [3.8, 4) is 0 Å². The van der Waals surface area contributed by atoms with Gasteiger partial charge in [-0.15, -0.1) is 11.3 Å². The molecule has 3 amide bonds. The Labute approximate surface area is 188 Å². The van der Waals surface area contributed by atoms with E-state index in [-0.39, 0.29) is 18.7 Å². The van der Waals surface area contributed by atoms with Crippen LogP contribution in [0.2, 0.25) is 0 Å². The maximum absolute atomic E-state index is 12.8. The Hall–Kier alpha value is -2.99. The van der Waals surface area contributed by atoms with E-state index in [4.69, 9.17) is 0 Å². The third-order valence-electron chi connectivity index (χ3n) is 4.93. The van der Waals surface area contributed by atoms with E-state index in [0.717, 1.165) is 4.88 Å². The van der Waals surface area contributed by atoms with Gasteiger partial charge in [0.15, 0.2) is 5.13 Å². The second kappa shape index (κ2) is 8.51. The van der Waals surface area contributed by atoms with Gasteiger partial charge in [-0.2, -0.15) is 13.2 Å². The molecule has 7 nitrogen and oxygen atoms in total. The number of halogens is 3.